The van der Waals surface area contributed by atoms with Crippen molar-refractivity contribution in [2.75, 3.05) is 24.5 Å². The first-order valence-electron chi connectivity index (χ1n) is 8.28. The highest BCUT2D eigenvalue weighted by atomic mass is 32.1. The van der Waals surface area contributed by atoms with Crippen molar-refractivity contribution in [1.29, 1.82) is 0 Å². The second-order valence-corrected chi connectivity index (χ2v) is 7.47. The van der Waals surface area contributed by atoms with E-state index in [2.05, 4.69) is 0 Å². The summed E-state index contributed by atoms with van der Waals surface area (Å²) in [4.78, 5) is 29.6. The molecule has 0 unspecified atom stereocenters. The molecule has 0 aliphatic carbocycles. The minimum absolute atomic E-state index is 0.0258. The first-order chi connectivity index (χ1) is 11.6. The summed E-state index contributed by atoms with van der Waals surface area (Å²) in [6.45, 7) is 3.75. The molecule has 126 valence electrons. The van der Waals surface area contributed by atoms with Crippen LogP contribution >= 0.6 is 11.3 Å². The lowest BCUT2D eigenvalue weighted by atomic mass is 9.78. The maximum absolute atomic E-state index is 13.1. The number of rotatable bonds is 2. The molecule has 0 bridgehead atoms. The lowest BCUT2D eigenvalue weighted by molar-refractivity contribution is -0.127. The number of piperidine rings is 1. The van der Waals surface area contributed by atoms with Gasteiger partial charge in [-0.3, -0.25) is 9.59 Å². The third-order valence-electron chi connectivity index (χ3n) is 5.28. The fraction of sp³-hybridized carbons (Fsp3) is 0.444. The largest absolute Gasteiger partial charge is 0.469 e. The zero-order chi connectivity index (χ0) is 16.7. The number of aryl methyl sites for hydroxylation is 1. The molecule has 2 aliphatic rings. The van der Waals surface area contributed by atoms with Gasteiger partial charge in [0, 0.05) is 25.0 Å². The van der Waals surface area contributed by atoms with Gasteiger partial charge in [-0.25, -0.2) is 0 Å². The maximum Gasteiger partial charge on any atom is 0.257 e. The number of carbonyl (C=O) groups is 2. The molecule has 2 aromatic heterocycles. The molecule has 1 spiro atoms. The van der Waals surface area contributed by atoms with Crippen molar-refractivity contribution in [3.63, 3.8) is 0 Å². The van der Waals surface area contributed by atoms with Crippen LogP contribution in [0.2, 0.25) is 0 Å². The van der Waals surface area contributed by atoms with Gasteiger partial charge in [0.2, 0.25) is 5.91 Å². The molecule has 4 heterocycles. The van der Waals surface area contributed by atoms with Crippen molar-refractivity contribution < 1.29 is 14.0 Å². The van der Waals surface area contributed by atoms with Crippen molar-refractivity contribution in [1.82, 2.24) is 4.90 Å². The Hall–Kier alpha value is -2.08. The summed E-state index contributed by atoms with van der Waals surface area (Å²) in [7, 11) is 0. The number of furan rings is 1. The zero-order valence-electron chi connectivity index (χ0n) is 13.7. The molecule has 2 aliphatic heterocycles. The van der Waals surface area contributed by atoms with Crippen molar-refractivity contribution in [2.45, 2.75) is 26.2 Å². The fourth-order valence-corrected chi connectivity index (χ4v) is 4.58. The van der Waals surface area contributed by atoms with Crippen molar-refractivity contribution >= 4 is 28.8 Å². The minimum atomic E-state index is -0.423. The van der Waals surface area contributed by atoms with E-state index in [-0.39, 0.29) is 11.8 Å². The SMILES string of the molecule is Cc1occc1C(=O)N1CCC[C@]2(CCN(c3ccsc3)C2=O)C1. The number of likely N-dealkylation sites (tertiary alicyclic amines) is 1. The number of amides is 2. The number of hydrogen-bond donors (Lipinski definition) is 0. The molecular weight excluding hydrogens is 324 g/mol. The van der Waals surface area contributed by atoms with E-state index in [0.29, 0.717) is 24.4 Å². The van der Waals surface area contributed by atoms with E-state index in [0.717, 1.165) is 31.5 Å². The molecule has 2 amide bonds. The Balaban J connectivity index is 1.56. The van der Waals surface area contributed by atoms with Crippen LogP contribution in [0.1, 0.15) is 35.4 Å². The zero-order valence-corrected chi connectivity index (χ0v) is 14.5. The first-order valence-corrected chi connectivity index (χ1v) is 9.23. The van der Waals surface area contributed by atoms with Crippen LogP contribution in [0.4, 0.5) is 5.69 Å². The second kappa shape index (κ2) is 5.77. The summed E-state index contributed by atoms with van der Waals surface area (Å²) in [6.07, 6.45) is 4.09. The highest BCUT2D eigenvalue weighted by molar-refractivity contribution is 7.08. The highest BCUT2D eigenvalue weighted by Gasteiger charge is 2.50. The lowest BCUT2D eigenvalue weighted by Crippen LogP contribution is -2.50. The van der Waals surface area contributed by atoms with Crippen molar-refractivity contribution in [3.05, 3.63) is 40.5 Å². The van der Waals surface area contributed by atoms with Crippen LogP contribution in [0.25, 0.3) is 0 Å². The summed E-state index contributed by atoms with van der Waals surface area (Å²) in [5.41, 5.74) is 1.16. The fourth-order valence-electron chi connectivity index (χ4n) is 3.94. The van der Waals surface area contributed by atoms with Gasteiger partial charge in [-0.05, 0) is 43.7 Å². The average Bonchev–Trinajstić information content (AvgIpc) is 3.31. The van der Waals surface area contributed by atoms with E-state index in [1.54, 1.807) is 30.6 Å². The Bertz CT molecular complexity index is 767. The van der Waals surface area contributed by atoms with Gasteiger partial charge in [0.25, 0.3) is 5.91 Å². The maximum atomic E-state index is 13.1. The van der Waals surface area contributed by atoms with Crippen molar-refractivity contribution in [3.8, 4) is 0 Å². The highest BCUT2D eigenvalue weighted by Crippen LogP contribution is 2.42. The summed E-state index contributed by atoms with van der Waals surface area (Å²) < 4.78 is 5.26. The molecule has 0 saturated carbocycles. The molecule has 1 atom stereocenters. The second-order valence-electron chi connectivity index (χ2n) is 6.69. The lowest BCUT2D eigenvalue weighted by Gasteiger charge is -2.39. The third-order valence-corrected chi connectivity index (χ3v) is 5.95. The predicted molar refractivity (Wildman–Crippen MR) is 92.3 cm³/mol. The molecule has 0 aromatic carbocycles. The van der Waals surface area contributed by atoms with Crippen LogP contribution in [0.5, 0.6) is 0 Å². The monoisotopic (exact) mass is 344 g/mol. The van der Waals surface area contributed by atoms with Crippen LogP contribution < -0.4 is 4.90 Å². The van der Waals surface area contributed by atoms with E-state index in [1.807, 2.05) is 26.6 Å². The molecule has 6 heteroatoms. The molecular formula is C18H20N2O3S. The van der Waals surface area contributed by atoms with Crippen molar-refractivity contribution in [2.24, 2.45) is 5.41 Å². The first kappa shape index (κ1) is 15.4. The van der Waals surface area contributed by atoms with Gasteiger partial charge in [0.1, 0.15) is 5.76 Å². The van der Waals surface area contributed by atoms with Crippen LogP contribution in [-0.2, 0) is 4.79 Å². The summed E-state index contributed by atoms with van der Waals surface area (Å²) in [5.74, 6) is 0.779. The number of carbonyl (C=O) groups excluding carboxylic acids is 2. The molecule has 2 aromatic rings. The quantitative estimate of drug-likeness (QED) is 0.840. The van der Waals surface area contributed by atoms with Crippen LogP contribution in [0.3, 0.4) is 0 Å². The standard InChI is InChI=1S/C18H20N2O3S/c1-13-15(3-9-23-13)16(21)19-7-2-5-18(12-19)6-8-20(17(18)22)14-4-10-24-11-14/h3-4,9-11H,2,5-8,12H2,1H3/t18-/m0/s1. The van der Waals surface area contributed by atoms with Gasteiger partial charge >= 0.3 is 0 Å². The van der Waals surface area contributed by atoms with Gasteiger partial charge < -0.3 is 14.2 Å². The molecule has 2 saturated heterocycles. The van der Waals surface area contributed by atoms with E-state index < -0.39 is 5.41 Å². The van der Waals surface area contributed by atoms with Gasteiger partial charge in [-0.2, -0.15) is 11.3 Å². The van der Waals surface area contributed by atoms with E-state index >= 15 is 0 Å². The summed E-state index contributed by atoms with van der Waals surface area (Å²) in [6, 6.07) is 3.70. The molecule has 0 N–H and O–H groups in total. The Morgan fingerprint density at radius 2 is 2.17 bits per heavy atom. The van der Waals surface area contributed by atoms with E-state index in [4.69, 9.17) is 4.42 Å². The van der Waals surface area contributed by atoms with Crippen LogP contribution in [-0.4, -0.2) is 36.3 Å². The Labute approximate surface area is 144 Å². The topological polar surface area (TPSA) is 53.8 Å². The smallest absolute Gasteiger partial charge is 0.257 e. The third kappa shape index (κ3) is 2.36. The normalized spacial score (nSPS) is 24.1. The van der Waals surface area contributed by atoms with Gasteiger partial charge in [-0.1, -0.05) is 0 Å². The Kier molecular flexibility index (Phi) is 3.72. The number of thiophene rings is 1. The molecule has 5 nitrogen and oxygen atoms in total. The van der Waals surface area contributed by atoms with Gasteiger partial charge in [0.15, 0.2) is 0 Å². The molecule has 2 fully saturated rings. The Morgan fingerprint density at radius 3 is 2.88 bits per heavy atom. The number of anilines is 1. The number of hydrogen-bond acceptors (Lipinski definition) is 4. The predicted octanol–water partition coefficient (Wildman–Crippen LogP) is 3.31. The van der Waals surface area contributed by atoms with E-state index in [1.165, 1.54) is 0 Å². The van der Waals surface area contributed by atoms with Crippen LogP contribution in [0.15, 0.2) is 33.6 Å². The minimum Gasteiger partial charge on any atom is -0.469 e. The average molecular weight is 344 g/mol. The number of nitrogens with zero attached hydrogens (tertiary/aromatic N) is 2. The van der Waals surface area contributed by atoms with Crippen LogP contribution in [0, 0.1) is 12.3 Å². The van der Waals surface area contributed by atoms with E-state index in [9.17, 15) is 9.59 Å². The summed E-state index contributed by atoms with van der Waals surface area (Å²) in [5, 5.41) is 4.00. The molecule has 0 radical (unpaired) electrons. The van der Waals surface area contributed by atoms with Gasteiger partial charge in [0.05, 0.1) is 22.9 Å². The molecule has 24 heavy (non-hydrogen) atoms. The summed E-state index contributed by atoms with van der Waals surface area (Å²) >= 11 is 1.60. The molecule has 4 rings (SSSR count). The Morgan fingerprint density at radius 1 is 1.29 bits per heavy atom. The van der Waals surface area contributed by atoms with Gasteiger partial charge in [-0.15, -0.1) is 0 Å².